The van der Waals surface area contributed by atoms with Crippen LogP contribution in [-0.4, -0.2) is 58.0 Å². The number of benzene rings is 1. The minimum atomic E-state index is -0.971. The first-order valence-corrected chi connectivity index (χ1v) is 9.27. The minimum Gasteiger partial charge on any atom is -0.497 e. The Morgan fingerprint density at radius 3 is 2.32 bits per heavy atom. The second kappa shape index (κ2) is 8.33. The number of carboxylic acid groups (broad SMARTS) is 1. The molecule has 1 N–H and O–H groups in total. The molecule has 1 saturated heterocycles. The zero-order valence-electron chi connectivity index (χ0n) is 16.3. The van der Waals surface area contributed by atoms with Crippen LogP contribution in [0.25, 0.3) is 0 Å². The molecule has 2 heterocycles. The molecule has 2 aromatic rings. The Bertz CT molecular complexity index is 838. The van der Waals surface area contributed by atoms with Crippen LogP contribution in [0.5, 0.6) is 11.5 Å². The summed E-state index contributed by atoms with van der Waals surface area (Å²) < 4.78 is 12.6. The summed E-state index contributed by atoms with van der Waals surface area (Å²) in [5, 5.41) is 13.4. The van der Waals surface area contributed by atoms with Gasteiger partial charge in [0.15, 0.2) is 6.10 Å². The van der Waals surface area contributed by atoms with Crippen molar-refractivity contribution in [2.75, 3.05) is 20.2 Å². The van der Waals surface area contributed by atoms with E-state index < -0.39 is 12.1 Å². The number of carbonyl (C=O) groups is 2. The Kier molecular flexibility index (Phi) is 5.87. The number of likely N-dealkylation sites (tertiary alicyclic amines) is 1. The van der Waals surface area contributed by atoms with Gasteiger partial charge in [0.2, 0.25) is 0 Å². The first-order valence-electron chi connectivity index (χ1n) is 9.27. The molecule has 1 aromatic carbocycles. The van der Waals surface area contributed by atoms with Gasteiger partial charge in [-0.2, -0.15) is 5.10 Å². The van der Waals surface area contributed by atoms with Gasteiger partial charge < -0.3 is 19.5 Å². The van der Waals surface area contributed by atoms with Gasteiger partial charge in [0.05, 0.1) is 25.0 Å². The van der Waals surface area contributed by atoms with Gasteiger partial charge in [-0.15, -0.1) is 0 Å². The average molecular weight is 387 g/mol. The van der Waals surface area contributed by atoms with Gasteiger partial charge in [0.25, 0.3) is 5.91 Å². The van der Waals surface area contributed by atoms with Crippen molar-refractivity contribution in [1.29, 1.82) is 0 Å². The van der Waals surface area contributed by atoms with E-state index in [-0.39, 0.29) is 17.5 Å². The number of nitrogens with zero attached hydrogens (tertiary/aromatic N) is 3. The smallest absolute Gasteiger partial charge is 0.339 e. The maximum absolute atomic E-state index is 12.7. The number of hydrogen-bond donors (Lipinski definition) is 1. The molecule has 1 amide bonds. The molecule has 8 heteroatoms. The standard InChI is InChI=1S/C20H25N3O5/c1-13-18(20(25)26)12-21-23(13)15-8-10-22(11-9-15)19(24)14(2)28-17-6-4-16(27-3)5-7-17/h4-7,12,14-15H,8-11H2,1-3H3,(H,25,26). The van der Waals surface area contributed by atoms with E-state index in [1.165, 1.54) is 6.20 Å². The number of aromatic nitrogens is 2. The van der Waals surface area contributed by atoms with Crippen molar-refractivity contribution in [1.82, 2.24) is 14.7 Å². The molecule has 8 nitrogen and oxygen atoms in total. The lowest BCUT2D eigenvalue weighted by molar-refractivity contribution is -0.139. The molecule has 0 aliphatic carbocycles. The number of rotatable bonds is 6. The molecule has 0 spiro atoms. The third kappa shape index (κ3) is 4.11. The summed E-state index contributed by atoms with van der Waals surface area (Å²) in [5.74, 6) is 0.317. The molecule has 1 aromatic heterocycles. The van der Waals surface area contributed by atoms with Crippen molar-refractivity contribution in [3.8, 4) is 11.5 Å². The number of ether oxygens (including phenoxy) is 2. The molecule has 0 radical (unpaired) electrons. The number of hydrogen-bond acceptors (Lipinski definition) is 5. The molecule has 1 aliphatic heterocycles. The van der Waals surface area contributed by atoms with Crippen LogP contribution in [0.3, 0.4) is 0 Å². The number of carbonyl (C=O) groups excluding carboxylic acids is 1. The molecular weight excluding hydrogens is 362 g/mol. The highest BCUT2D eigenvalue weighted by molar-refractivity contribution is 5.88. The van der Waals surface area contributed by atoms with Gasteiger partial charge in [-0.1, -0.05) is 0 Å². The number of piperidine rings is 1. The van der Waals surface area contributed by atoms with Crippen molar-refractivity contribution in [2.24, 2.45) is 0 Å². The van der Waals surface area contributed by atoms with E-state index in [1.54, 1.807) is 54.8 Å². The van der Waals surface area contributed by atoms with E-state index in [0.717, 1.165) is 18.6 Å². The Morgan fingerprint density at radius 2 is 1.79 bits per heavy atom. The van der Waals surface area contributed by atoms with Crippen LogP contribution in [0.4, 0.5) is 0 Å². The van der Waals surface area contributed by atoms with Crippen LogP contribution in [0, 0.1) is 6.92 Å². The topological polar surface area (TPSA) is 93.9 Å². The molecule has 0 saturated carbocycles. The summed E-state index contributed by atoms with van der Waals surface area (Å²) in [6, 6.07) is 7.21. The van der Waals surface area contributed by atoms with E-state index >= 15 is 0 Å². The van der Waals surface area contributed by atoms with Crippen molar-refractivity contribution in [3.05, 3.63) is 41.7 Å². The monoisotopic (exact) mass is 387 g/mol. The summed E-state index contributed by atoms with van der Waals surface area (Å²) in [7, 11) is 1.60. The highest BCUT2D eigenvalue weighted by Gasteiger charge is 2.29. The van der Waals surface area contributed by atoms with Crippen molar-refractivity contribution >= 4 is 11.9 Å². The van der Waals surface area contributed by atoms with Gasteiger partial charge in [0.1, 0.15) is 17.1 Å². The van der Waals surface area contributed by atoms with Crippen LogP contribution in [0.2, 0.25) is 0 Å². The van der Waals surface area contributed by atoms with Gasteiger partial charge in [-0.3, -0.25) is 9.48 Å². The SMILES string of the molecule is COc1ccc(OC(C)C(=O)N2CCC(n3ncc(C(=O)O)c3C)CC2)cc1. The highest BCUT2D eigenvalue weighted by Crippen LogP contribution is 2.25. The van der Waals surface area contributed by atoms with Gasteiger partial charge in [-0.05, 0) is 51.0 Å². The fraction of sp³-hybridized carbons (Fsp3) is 0.450. The minimum absolute atomic E-state index is 0.0577. The van der Waals surface area contributed by atoms with E-state index in [9.17, 15) is 14.7 Å². The van der Waals surface area contributed by atoms with Crippen LogP contribution >= 0.6 is 0 Å². The van der Waals surface area contributed by atoms with Crippen molar-refractivity contribution < 1.29 is 24.2 Å². The lowest BCUT2D eigenvalue weighted by atomic mass is 10.0. The highest BCUT2D eigenvalue weighted by atomic mass is 16.5. The molecule has 1 atom stereocenters. The number of carboxylic acids is 1. The first-order chi connectivity index (χ1) is 13.4. The van der Waals surface area contributed by atoms with Gasteiger partial charge in [0, 0.05) is 13.1 Å². The largest absolute Gasteiger partial charge is 0.497 e. The maximum atomic E-state index is 12.7. The van der Waals surface area contributed by atoms with Crippen LogP contribution in [0.1, 0.15) is 41.9 Å². The number of aromatic carboxylic acids is 1. The van der Waals surface area contributed by atoms with Crippen LogP contribution < -0.4 is 9.47 Å². The molecule has 0 bridgehead atoms. The average Bonchev–Trinajstić information content (AvgIpc) is 3.09. The Labute approximate surface area is 163 Å². The summed E-state index contributed by atoms with van der Waals surface area (Å²) in [6.45, 7) is 4.68. The Morgan fingerprint density at radius 1 is 1.18 bits per heavy atom. The molecular formula is C20H25N3O5. The molecule has 1 fully saturated rings. The summed E-state index contributed by atoms with van der Waals surface area (Å²) in [4.78, 5) is 25.7. The quantitative estimate of drug-likeness (QED) is 0.819. The van der Waals surface area contributed by atoms with Gasteiger partial charge in [-0.25, -0.2) is 4.79 Å². The zero-order chi connectivity index (χ0) is 20.3. The van der Waals surface area contributed by atoms with Crippen LogP contribution in [-0.2, 0) is 4.79 Å². The third-order valence-electron chi connectivity index (χ3n) is 5.12. The molecule has 150 valence electrons. The molecule has 1 unspecified atom stereocenters. The number of amides is 1. The van der Waals surface area contributed by atoms with E-state index in [1.807, 2.05) is 0 Å². The van der Waals surface area contributed by atoms with Gasteiger partial charge >= 0.3 is 5.97 Å². The third-order valence-corrected chi connectivity index (χ3v) is 5.12. The van der Waals surface area contributed by atoms with Crippen molar-refractivity contribution in [2.45, 2.75) is 38.8 Å². The molecule has 1 aliphatic rings. The van der Waals surface area contributed by atoms with Crippen molar-refractivity contribution in [3.63, 3.8) is 0 Å². The predicted octanol–water partition coefficient (Wildman–Crippen LogP) is 2.53. The summed E-state index contributed by atoms with van der Waals surface area (Å²) >= 11 is 0. The summed E-state index contributed by atoms with van der Waals surface area (Å²) in [5.41, 5.74) is 0.869. The van der Waals surface area contributed by atoms with E-state index in [2.05, 4.69) is 5.10 Å². The maximum Gasteiger partial charge on any atom is 0.339 e. The van der Waals surface area contributed by atoms with E-state index in [4.69, 9.17) is 9.47 Å². The number of methoxy groups -OCH3 is 1. The normalized spacial score (nSPS) is 15.9. The van der Waals surface area contributed by atoms with Crippen LogP contribution in [0.15, 0.2) is 30.5 Å². The fourth-order valence-corrected chi connectivity index (χ4v) is 3.50. The Balaban J connectivity index is 1.56. The first kappa shape index (κ1) is 19.7. The predicted molar refractivity (Wildman–Crippen MR) is 102 cm³/mol. The lowest BCUT2D eigenvalue weighted by Crippen LogP contribution is -2.45. The molecule has 28 heavy (non-hydrogen) atoms. The second-order valence-electron chi connectivity index (χ2n) is 6.89. The van der Waals surface area contributed by atoms with E-state index in [0.29, 0.717) is 24.5 Å². The zero-order valence-corrected chi connectivity index (χ0v) is 16.3. The second-order valence-corrected chi connectivity index (χ2v) is 6.89. The fourth-order valence-electron chi connectivity index (χ4n) is 3.50. The summed E-state index contributed by atoms with van der Waals surface area (Å²) in [6.07, 6.45) is 2.25. The Hall–Kier alpha value is -3.03. The molecule has 3 rings (SSSR count). The lowest BCUT2D eigenvalue weighted by Gasteiger charge is -2.34.